The zero-order valence-electron chi connectivity index (χ0n) is 11.3. The van der Waals surface area contributed by atoms with Crippen molar-refractivity contribution in [3.63, 3.8) is 0 Å². The molecule has 0 atom stereocenters. The van der Waals surface area contributed by atoms with Gasteiger partial charge in [0.15, 0.2) is 0 Å². The Morgan fingerprint density at radius 1 is 1.24 bits per heavy atom. The second-order valence-corrected chi connectivity index (χ2v) is 4.86. The number of carboxylic acids is 1. The summed E-state index contributed by atoms with van der Waals surface area (Å²) in [6.45, 7) is 0.272. The first-order valence-corrected chi connectivity index (χ1v) is 6.55. The van der Waals surface area contributed by atoms with Gasteiger partial charge in [0.25, 0.3) is 5.91 Å². The van der Waals surface area contributed by atoms with Gasteiger partial charge in [-0.05, 0) is 23.8 Å². The molecule has 0 spiro atoms. The molecule has 0 fully saturated rings. The molecule has 1 aromatic heterocycles. The molecule has 0 saturated heterocycles. The van der Waals surface area contributed by atoms with E-state index in [1.54, 1.807) is 19.2 Å². The highest BCUT2D eigenvalue weighted by molar-refractivity contribution is 6.31. The summed E-state index contributed by atoms with van der Waals surface area (Å²) in [6.07, 6.45) is 1.39. The zero-order valence-corrected chi connectivity index (χ0v) is 12.0. The van der Waals surface area contributed by atoms with Crippen molar-refractivity contribution in [2.45, 2.75) is 6.54 Å². The average molecular weight is 305 g/mol. The van der Waals surface area contributed by atoms with Crippen LogP contribution < -0.4 is 0 Å². The molecule has 0 saturated carbocycles. The molecule has 0 aliphatic rings. The standard InChI is InChI=1S/C15H13ClN2O3/c1-18(9-10-5-2-3-7-12(10)16)14(19)13-11(15(20)21)6-4-8-17-13/h2-8H,9H2,1H3,(H,20,21). The highest BCUT2D eigenvalue weighted by Gasteiger charge is 2.21. The summed E-state index contributed by atoms with van der Waals surface area (Å²) in [4.78, 5) is 28.7. The number of halogens is 1. The lowest BCUT2D eigenvalue weighted by Crippen LogP contribution is -2.28. The first-order chi connectivity index (χ1) is 10.0. The van der Waals surface area contributed by atoms with Crippen LogP contribution in [0.2, 0.25) is 5.02 Å². The summed E-state index contributed by atoms with van der Waals surface area (Å²) < 4.78 is 0. The van der Waals surface area contributed by atoms with E-state index in [9.17, 15) is 9.59 Å². The molecule has 2 rings (SSSR count). The maximum atomic E-state index is 12.3. The first kappa shape index (κ1) is 15.0. The smallest absolute Gasteiger partial charge is 0.338 e. The molecule has 5 nitrogen and oxygen atoms in total. The highest BCUT2D eigenvalue weighted by Crippen LogP contribution is 2.18. The van der Waals surface area contributed by atoms with Gasteiger partial charge in [0, 0.05) is 24.8 Å². The number of rotatable bonds is 4. The fourth-order valence-electron chi connectivity index (χ4n) is 1.88. The fourth-order valence-corrected chi connectivity index (χ4v) is 2.08. The van der Waals surface area contributed by atoms with E-state index in [0.717, 1.165) is 5.56 Å². The van der Waals surface area contributed by atoms with Gasteiger partial charge in [-0.3, -0.25) is 9.78 Å². The van der Waals surface area contributed by atoms with Gasteiger partial charge in [-0.1, -0.05) is 29.8 Å². The van der Waals surface area contributed by atoms with Crippen LogP contribution in [-0.2, 0) is 6.54 Å². The van der Waals surface area contributed by atoms with Gasteiger partial charge in [-0.25, -0.2) is 4.79 Å². The second-order valence-electron chi connectivity index (χ2n) is 4.46. The van der Waals surface area contributed by atoms with Crippen molar-refractivity contribution in [2.75, 3.05) is 7.05 Å². The lowest BCUT2D eigenvalue weighted by molar-refractivity contribution is 0.0678. The minimum absolute atomic E-state index is 0.0837. The number of hydrogen-bond donors (Lipinski definition) is 1. The molecule has 108 valence electrons. The Labute approximate surface area is 126 Å². The molecule has 0 unspecified atom stereocenters. The van der Waals surface area contributed by atoms with Gasteiger partial charge in [-0.15, -0.1) is 0 Å². The van der Waals surface area contributed by atoms with Crippen LogP contribution in [0.1, 0.15) is 26.4 Å². The van der Waals surface area contributed by atoms with Gasteiger partial charge in [-0.2, -0.15) is 0 Å². The highest BCUT2D eigenvalue weighted by atomic mass is 35.5. The number of nitrogens with zero attached hydrogens (tertiary/aromatic N) is 2. The number of carbonyl (C=O) groups excluding carboxylic acids is 1. The molecule has 0 aliphatic carbocycles. The molecular formula is C15H13ClN2O3. The van der Waals surface area contributed by atoms with Gasteiger partial charge in [0.2, 0.25) is 0 Å². The molecule has 1 aromatic carbocycles. The fraction of sp³-hybridized carbons (Fsp3) is 0.133. The van der Waals surface area contributed by atoms with E-state index in [1.165, 1.54) is 23.2 Å². The van der Waals surface area contributed by atoms with E-state index < -0.39 is 11.9 Å². The quantitative estimate of drug-likeness (QED) is 0.943. The van der Waals surface area contributed by atoms with E-state index >= 15 is 0 Å². The number of carbonyl (C=O) groups is 2. The average Bonchev–Trinajstić information content (AvgIpc) is 2.48. The normalized spacial score (nSPS) is 10.2. The molecule has 2 aromatic rings. The number of pyridine rings is 1. The lowest BCUT2D eigenvalue weighted by atomic mass is 10.1. The number of aromatic nitrogens is 1. The minimum Gasteiger partial charge on any atom is -0.478 e. The van der Waals surface area contributed by atoms with Crippen LogP contribution in [0.4, 0.5) is 0 Å². The largest absolute Gasteiger partial charge is 0.478 e. The van der Waals surface area contributed by atoms with E-state index in [1.807, 2.05) is 12.1 Å². The molecular weight excluding hydrogens is 292 g/mol. The zero-order chi connectivity index (χ0) is 15.4. The van der Waals surface area contributed by atoms with Crippen molar-refractivity contribution in [1.82, 2.24) is 9.88 Å². The summed E-state index contributed by atoms with van der Waals surface area (Å²) in [5.41, 5.74) is 0.580. The predicted molar refractivity (Wildman–Crippen MR) is 78.4 cm³/mol. The van der Waals surface area contributed by atoms with Crippen molar-refractivity contribution in [1.29, 1.82) is 0 Å². The number of benzene rings is 1. The third kappa shape index (κ3) is 3.38. The Hall–Kier alpha value is -2.40. The summed E-state index contributed by atoms with van der Waals surface area (Å²) in [6, 6.07) is 10.00. The van der Waals surface area contributed by atoms with E-state index in [0.29, 0.717) is 5.02 Å². The molecule has 1 amide bonds. The molecule has 6 heteroatoms. The maximum Gasteiger partial charge on any atom is 0.338 e. The van der Waals surface area contributed by atoms with Gasteiger partial charge < -0.3 is 10.0 Å². The molecule has 1 N–H and O–H groups in total. The van der Waals surface area contributed by atoms with Crippen LogP contribution in [0.15, 0.2) is 42.6 Å². The predicted octanol–water partition coefficient (Wildman–Crippen LogP) is 2.71. The maximum absolute atomic E-state index is 12.3. The Bertz CT molecular complexity index is 688. The molecule has 21 heavy (non-hydrogen) atoms. The Morgan fingerprint density at radius 3 is 2.62 bits per heavy atom. The number of amides is 1. The lowest BCUT2D eigenvalue weighted by Gasteiger charge is -2.18. The third-order valence-corrected chi connectivity index (χ3v) is 3.32. The summed E-state index contributed by atoms with van der Waals surface area (Å²) in [5.74, 6) is -1.65. The number of aromatic carboxylic acids is 1. The summed E-state index contributed by atoms with van der Waals surface area (Å²) >= 11 is 6.05. The second kappa shape index (κ2) is 6.37. The van der Waals surface area contributed by atoms with Crippen LogP contribution in [0, 0.1) is 0 Å². The van der Waals surface area contributed by atoms with Crippen molar-refractivity contribution >= 4 is 23.5 Å². The van der Waals surface area contributed by atoms with E-state index in [4.69, 9.17) is 16.7 Å². The molecule has 0 bridgehead atoms. The van der Waals surface area contributed by atoms with Gasteiger partial charge >= 0.3 is 5.97 Å². The molecule has 1 heterocycles. The van der Waals surface area contributed by atoms with Gasteiger partial charge in [0.1, 0.15) is 5.69 Å². The summed E-state index contributed by atoms with van der Waals surface area (Å²) in [7, 11) is 1.58. The van der Waals surface area contributed by atoms with Crippen molar-refractivity contribution in [3.05, 3.63) is 64.4 Å². The number of hydrogen-bond acceptors (Lipinski definition) is 3. The van der Waals surface area contributed by atoms with Crippen molar-refractivity contribution in [3.8, 4) is 0 Å². The van der Waals surface area contributed by atoms with E-state index in [2.05, 4.69) is 4.98 Å². The topological polar surface area (TPSA) is 70.5 Å². The van der Waals surface area contributed by atoms with Crippen LogP contribution in [0.3, 0.4) is 0 Å². The van der Waals surface area contributed by atoms with Crippen LogP contribution in [-0.4, -0.2) is 33.9 Å². The van der Waals surface area contributed by atoms with Crippen molar-refractivity contribution in [2.24, 2.45) is 0 Å². The van der Waals surface area contributed by atoms with Crippen LogP contribution >= 0.6 is 11.6 Å². The first-order valence-electron chi connectivity index (χ1n) is 6.18. The Balaban J connectivity index is 2.24. The summed E-state index contributed by atoms with van der Waals surface area (Å²) in [5, 5.41) is 9.65. The van der Waals surface area contributed by atoms with Crippen molar-refractivity contribution < 1.29 is 14.7 Å². The van der Waals surface area contributed by atoms with Crippen LogP contribution in [0.25, 0.3) is 0 Å². The van der Waals surface area contributed by atoms with E-state index in [-0.39, 0.29) is 17.8 Å². The minimum atomic E-state index is -1.18. The van der Waals surface area contributed by atoms with Crippen LogP contribution in [0.5, 0.6) is 0 Å². The molecule has 0 radical (unpaired) electrons. The van der Waals surface area contributed by atoms with Gasteiger partial charge in [0.05, 0.1) is 5.56 Å². The Morgan fingerprint density at radius 2 is 1.95 bits per heavy atom. The number of carboxylic acid groups (broad SMARTS) is 1. The molecule has 0 aliphatic heterocycles. The third-order valence-electron chi connectivity index (χ3n) is 2.95. The Kier molecular flexibility index (Phi) is 4.55. The SMILES string of the molecule is CN(Cc1ccccc1Cl)C(=O)c1ncccc1C(=O)O. The monoisotopic (exact) mass is 304 g/mol.